The van der Waals surface area contributed by atoms with Gasteiger partial charge in [-0.25, -0.2) is 0 Å². The van der Waals surface area contributed by atoms with Gasteiger partial charge in [-0.05, 0) is 127 Å². The van der Waals surface area contributed by atoms with Crippen molar-refractivity contribution in [1.82, 2.24) is 0 Å². The number of rotatable bonds is 2. The van der Waals surface area contributed by atoms with Crippen molar-refractivity contribution in [2.75, 3.05) is 22.9 Å². The van der Waals surface area contributed by atoms with E-state index in [-0.39, 0.29) is 0 Å². The van der Waals surface area contributed by atoms with Gasteiger partial charge in [0.1, 0.15) is 0 Å². The second-order valence-corrected chi connectivity index (χ2v) is 13.1. The third-order valence-electron chi connectivity index (χ3n) is 10.6. The Hall–Kier alpha value is -5.34. The van der Waals surface area contributed by atoms with Crippen molar-refractivity contribution in [3.8, 4) is 0 Å². The Morgan fingerprint density at radius 3 is 1.22 bits per heavy atom. The molecule has 0 unspecified atom stereocenters. The van der Waals surface area contributed by atoms with E-state index in [4.69, 9.17) is 0 Å². The molecule has 0 amide bonds. The maximum absolute atomic E-state index is 2.54. The highest BCUT2D eigenvalue weighted by Crippen LogP contribution is 2.47. The van der Waals surface area contributed by atoms with E-state index in [0.29, 0.717) is 0 Å². The number of para-hydroxylation sites is 2. The molecule has 10 rings (SSSR count). The molecule has 0 aliphatic carbocycles. The normalized spacial score (nSPS) is 14.8. The quantitative estimate of drug-likeness (QED) is 0.185. The zero-order valence-corrected chi connectivity index (χ0v) is 25.8. The topological polar surface area (TPSA) is 6.48 Å². The summed E-state index contributed by atoms with van der Waals surface area (Å²) in [7, 11) is 0. The third kappa shape index (κ3) is 3.77. The number of hydrogen-bond donors (Lipinski definition) is 0. The molecule has 2 heteroatoms. The molecule has 0 atom stereocenters. The fourth-order valence-electron chi connectivity index (χ4n) is 8.59. The highest BCUT2D eigenvalue weighted by molar-refractivity contribution is 6.39. The fourth-order valence-corrected chi connectivity index (χ4v) is 8.59. The predicted octanol–water partition coefficient (Wildman–Crippen LogP) is 11.6. The molecule has 0 aromatic heterocycles. The van der Waals surface area contributed by atoms with Gasteiger partial charge in [-0.2, -0.15) is 0 Å². The highest BCUT2D eigenvalue weighted by Gasteiger charge is 2.22. The molecular weight excluding hydrogens is 556 g/mol. The number of nitrogens with zero attached hydrogens (tertiary/aromatic N) is 2. The van der Waals surface area contributed by atoms with E-state index in [2.05, 4.69) is 143 Å². The van der Waals surface area contributed by atoms with Crippen molar-refractivity contribution in [1.29, 1.82) is 0 Å². The Labute approximate surface area is 269 Å². The summed E-state index contributed by atoms with van der Waals surface area (Å²) >= 11 is 0. The minimum Gasteiger partial charge on any atom is -0.341 e. The van der Waals surface area contributed by atoms with Gasteiger partial charge < -0.3 is 9.80 Å². The van der Waals surface area contributed by atoms with Crippen LogP contribution in [0, 0.1) is 0 Å². The SMILES string of the molecule is c1ccc2c(c1)CCCN2c1ccc2c3ccccc3c3c4cc(N5CCCc6ccccc65)ccc4c4ccccc4c3c2c1. The van der Waals surface area contributed by atoms with Crippen LogP contribution in [0.3, 0.4) is 0 Å². The van der Waals surface area contributed by atoms with Crippen LogP contribution >= 0.6 is 0 Å². The monoisotopic (exact) mass is 590 g/mol. The molecule has 8 aromatic rings. The van der Waals surface area contributed by atoms with E-state index >= 15 is 0 Å². The summed E-state index contributed by atoms with van der Waals surface area (Å²) < 4.78 is 0. The Balaban J connectivity index is 1.32. The van der Waals surface area contributed by atoms with Crippen LogP contribution in [0.2, 0.25) is 0 Å². The van der Waals surface area contributed by atoms with Crippen LogP contribution in [-0.2, 0) is 12.8 Å². The van der Waals surface area contributed by atoms with Gasteiger partial charge in [0.2, 0.25) is 0 Å². The van der Waals surface area contributed by atoms with E-state index in [1.807, 2.05) is 0 Å². The van der Waals surface area contributed by atoms with Gasteiger partial charge in [-0.1, -0.05) is 97.1 Å². The standard InChI is InChI=1S/C44H34N2/c1-7-19-41-29(11-1)13-9-25-45(41)31-21-23-35-33-15-3-6-18-38(33)44-40-28-32(46-26-10-14-30-12-2-8-20-42(30)46)22-24-36(40)34-16-4-5-17-37(34)43(44)39(35)27-31/h1-8,11-12,15-24,27-28H,9-10,13-14,25-26H2. The molecule has 2 aliphatic rings. The molecule has 0 fully saturated rings. The number of aryl methyl sites for hydroxylation is 2. The summed E-state index contributed by atoms with van der Waals surface area (Å²) in [5.41, 5.74) is 8.14. The lowest BCUT2D eigenvalue weighted by Crippen LogP contribution is -2.24. The zero-order valence-electron chi connectivity index (χ0n) is 25.8. The second-order valence-electron chi connectivity index (χ2n) is 13.1. The maximum atomic E-state index is 2.54. The highest BCUT2D eigenvalue weighted by atomic mass is 15.1. The third-order valence-corrected chi connectivity index (χ3v) is 10.6. The molecule has 8 aromatic carbocycles. The smallest absolute Gasteiger partial charge is 0.0443 e. The second kappa shape index (κ2) is 10.1. The molecule has 220 valence electrons. The Morgan fingerprint density at radius 1 is 0.348 bits per heavy atom. The van der Waals surface area contributed by atoms with Gasteiger partial charge in [0, 0.05) is 35.8 Å². The summed E-state index contributed by atoms with van der Waals surface area (Å²) in [6.07, 6.45) is 4.63. The average Bonchev–Trinajstić information content (AvgIpc) is 3.13. The Bertz CT molecular complexity index is 2330. The van der Waals surface area contributed by atoms with Crippen LogP contribution in [0.15, 0.2) is 133 Å². The zero-order chi connectivity index (χ0) is 30.2. The average molecular weight is 591 g/mol. The largest absolute Gasteiger partial charge is 0.341 e. The van der Waals surface area contributed by atoms with Gasteiger partial charge in [-0.3, -0.25) is 0 Å². The van der Waals surface area contributed by atoms with Gasteiger partial charge >= 0.3 is 0 Å². The summed E-state index contributed by atoms with van der Waals surface area (Å²) in [4.78, 5) is 5.07. The Kier molecular flexibility index (Phi) is 5.69. The number of anilines is 4. The van der Waals surface area contributed by atoms with Crippen LogP contribution in [0.4, 0.5) is 22.7 Å². The summed E-state index contributed by atoms with van der Waals surface area (Å²) in [5, 5.41) is 13.3. The van der Waals surface area contributed by atoms with Crippen molar-refractivity contribution in [2.24, 2.45) is 0 Å². The van der Waals surface area contributed by atoms with Gasteiger partial charge in [0.05, 0.1) is 0 Å². The van der Waals surface area contributed by atoms with E-state index < -0.39 is 0 Å². The van der Waals surface area contributed by atoms with Crippen LogP contribution < -0.4 is 9.80 Å². The first kappa shape index (κ1) is 25.9. The summed E-state index contributed by atoms with van der Waals surface area (Å²) in [5.74, 6) is 0. The number of benzene rings is 8. The Morgan fingerprint density at radius 2 is 0.739 bits per heavy atom. The molecule has 0 saturated heterocycles. The first-order valence-corrected chi connectivity index (χ1v) is 16.8. The number of hydrogen-bond acceptors (Lipinski definition) is 2. The molecule has 0 saturated carbocycles. The minimum absolute atomic E-state index is 1.04. The first-order chi connectivity index (χ1) is 22.8. The molecule has 46 heavy (non-hydrogen) atoms. The van der Waals surface area contributed by atoms with Crippen molar-refractivity contribution in [2.45, 2.75) is 25.7 Å². The van der Waals surface area contributed by atoms with E-state index in [9.17, 15) is 0 Å². The van der Waals surface area contributed by atoms with Crippen LogP contribution in [0.25, 0.3) is 53.9 Å². The molecule has 0 bridgehead atoms. The van der Waals surface area contributed by atoms with Crippen LogP contribution in [0.5, 0.6) is 0 Å². The van der Waals surface area contributed by atoms with Gasteiger partial charge in [-0.15, -0.1) is 0 Å². The molecule has 0 spiro atoms. The first-order valence-electron chi connectivity index (χ1n) is 16.8. The molecule has 0 N–H and O–H groups in total. The lowest BCUT2D eigenvalue weighted by Gasteiger charge is -2.32. The maximum Gasteiger partial charge on any atom is 0.0443 e. The lowest BCUT2D eigenvalue weighted by atomic mass is 9.86. The number of fused-ring (bicyclic) bond motifs is 13. The van der Waals surface area contributed by atoms with Crippen molar-refractivity contribution < 1.29 is 0 Å². The van der Waals surface area contributed by atoms with Crippen molar-refractivity contribution in [3.63, 3.8) is 0 Å². The molecule has 0 radical (unpaired) electrons. The van der Waals surface area contributed by atoms with Crippen LogP contribution in [-0.4, -0.2) is 13.1 Å². The molecule has 2 heterocycles. The molecular formula is C44H34N2. The summed E-state index contributed by atoms with van der Waals surface area (Å²) in [6.45, 7) is 2.08. The van der Waals surface area contributed by atoms with E-state index in [0.717, 1.165) is 25.9 Å². The fraction of sp³-hybridized carbons (Fsp3) is 0.136. The lowest BCUT2D eigenvalue weighted by molar-refractivity contribution is 0.767. The van der Waals surface area contributed by atoms with Gasteiger partial charge in [0.15, 0.2) is 0 Å². The minimum atomic E-state index is 1.04. The van der Waals surface area contributed by atoms with Crippen molar-refractivity contribution >= 4 is 76.6 Å². The van der Waals surface area contributed by atoms with Gasteiger partial charge in [0.25, 0.3) is 0 Å². The molecule has 2 nitrogen and oxygen atoms in total. The van der Waals surface area contributed by atoms with E-state index in [1.165, 1.54) is 101 Å². The van der Waals surface area contributed by atoms with Crippen molar-refractivity contribution in [3.05, 3.63) is 145 Å². The molecule has 2 aliphatic heterocycles. The predicted molar refractivity (Wildman–Crippen MR) is 198 cm³/mol. The summed E-state index contributed by atoms with van der Waals surface area (Å²) in [6, 6.07) is 50.4. The van der Waals surface area contributed by atoms with Crippen LogP contribution in [0.1, 0.15) is 24.0 Å². The van der Waals surface area contributed by atoms with E-state index in [1.54, 1.807) is 0 Å².